The van der Waals surface area contributed by atoms with E-state index in [9.17, 15) is 4.79 Å². The predicted octanol–water partition coefficient (Wildman–Crippen LogP) is 3.91. The Kier molecular flexibility index (Phi) is 4.78. The number of Topliss-reactive ketones (excluding diaryl/α,β-unsaturated/α-hetero) is 1. The first-order valence-corrected chi connectivity index (χ1v) is 9.15. The molecule has 5 heteroatoms. The fourth-order valence-electron chi connectivity index (χ4n) is 3.32. The van der Waals surface area contributed by atoms with Crippen LogP contribution in [0, 0.1) is 0 Å². The van der Waals surface area contributed by atoms with Crippen molar-refractivity contribution >= 4 is 28.5 Å². The number of rotatable bonds is 5. The van der Waals surface area contributed by atoms with Crippen molar-refractivity contribution in [3.8, 4) is 0 Å². The molecule has 1 saturated heterocycles. The molecule has 0 radical (unpaired) electrons. The Balaban J connectivity index is 1.61. The number of fused-ring (bicyclic) bond motifs is 1. The molecule has 1 N–H and O–H groups in total. The average Bonchev–Trinajstić information content (AvgIpc) is 2.73. The molecular weight excluding hydrogens is 324 g/mol. The highest BCUT2D eigenvalue weighted by molar-refractivity contribution is 6.00. The van der Waals surface area contributed by atoms with Crippen LogP contribution in [0.4, 0.5) is 11.8 Å². The second-order valence-corrected chi connectivity index (χ2v) is 6.58. The maximum Gasteiger partial charge on any atom is 0.227 e. The van der Waals surface area contributed by atoms with E-state index >= 15 is 0 Å². The zero-order valence-corrected chi connectivity index (χ0v) is 14.7. The summed E-state index contributed by atoms with van der Waals surface area (Å²) in [6.45, 7) is 2.19. The molecule has 1 aliphatic rings. The van der Waals surface area contributed by atoms with E-state index in [-0.39, 0.29) is 12.3 Å². The van der Waals surface area contributed by atoms with Crippen molar-refractivity contribution in [1.29, 1.82) is 0 Å². The lowest BCUT2D eigenvalue weighted by Crippen LogP contribution is -2.31. The van der Waals surface area contributed by atoms with Crippen LogP contribution in [0.25, 0.3) is 10.9 Å². The molecule has 0 spiro atoms. The van der Waals surface area contributed by atoms with E-state index in [1.54, 1.807) is 0 Å². The van der Waals surface area contributed by atoms with Gasteiger partial charge in [-0.3, -0.25) is 4.79 Å². The highest BCUT2D eigenvalue weighted by Gasteiger charge is 2.16. The van der Waals surface area contributed by atoms with Crippen LogP contribution in [0.2, 0.25) is 0 Å². The van der Waals surface area contributed by atoms with Crippen molar-refractivity contribution in [2.75, 3.05) is 29.9 Å². The van der Waals surface area contributed by atoms with Crippen molar-refractivity contribution in [1.82, 2.24) is 9.97 Å². The first-order chi connectivity index (χ1) is 12.8. The molecule has 132 valence electrons. The summed E-state index contributed by atoms with van der Waals surface area (Å²) in [7, 11) is 0. The molecule has 1 aromatic heterocycles. The van der Waals surface area contributed by atoms with Gasteiger partial charge < -0.3 is 10.2 Å². The van der Waals surface area contributed by atoms with Gasteiger partial charge in [0.2, 0.25) is 5.95 Å². The Morgan fingerprint density at radius 1 is 0.923 bits per heavy atom. The van der Waals surface area contributed by atoms with Crippen LogP contribution in [0.15, 0.2) is 54.6 Å². The zero-order valence-electron chi connectivity index (χ0n) is 14.7. The molecular formula is C21H22N4O. The number of para-hydroxylation sites is 1. The van der Waals surface area contributed by atoms with Crippen LogP contribution in [-0.2, 0) is 0 Å². The minimum Gasteiger partial charge on any atom is -0.362 e. The van der Waals surface area contributed by atoms with Gasteiger partial charge in [-0.05, 0) is 31.4 Å². The molecule has 1 aliphatic heterocycles. The number of piperidine rings is 1. The molecule has 0 unspecified atom stereocenters. The maximum absolute atomic E-state index is 12.4. The van der Waals surface area contributed by atoms with Gasteiger partial charge >= 0.3 is 0 Å². The Bertz CT molecular complexity index is 904. The third kappa shape index (κ3) is 3.52. The van der Waals surface area contributed by atoms with Crippen molar-refractivity contribution in [2.24, 2.45) is 0 Å². The molecule has 0 aliphatic carbocycles. The predicted molar refractivity (Wildman–Crippen MR) is 105 cm³/mol. The summed E-state index contributed by atoms with van der Waals surface area (Å²) in [6.07, 6.45) is 3.61. The summed E-state index contributed by atoms with van der Waals surface area (Å²) in [5.41, 5.74) is 1.60. The van der Waals surface area contributed by atoms with Gasteiger partial charge in [0.15, 0.2) is 5.78 Å². The summed E-state index contributed by atoms with van der Waals surface area (Å²) in [5.74, 6) is 1.52. The minimum absolute atomic E-state index is 0.0489. The van der Waals surface area contributed by atoms with E-state index in [4.69, 9.17) is 9.97 Å². The highest BCUT2D eigenvalue weighted by Crippen LogP contribution is 2.25. The Labute approximate surface area is 153 Å². The maximum atomic E-state index is 12.4. The number of anilines is 2. The Morgan fingerprint density at radius 3 is 2.46 bits per heavy atom. The van der Waals surface area contributed by atoms with E-state index in [1.807, 2.05) is 54.6 Å². The molecule has 0 atom stereocenters. The topological polar surface area (TPSA) is 58.1 Å². The van der Waals surface area contributed by atoms with Gasteiger partial charge in [0, 0.05) is 24.0 Å². The van der Waals surface area contributed by atoms with Crippen LogP contribution in [0.5, 0.6) is 0 Å². The summed E-state index contributed by atoms with van der Waals surface area (Å²) < 4.78 is 0. The van der Waals surface area contributed by atoms with E-state index in [0.29, 0.717) is 5.56 Å². The normalized spacial score (nSPS) is 14.4. The SMILES string of the molecule is O=C(CNc1nc(N2CCCCC2)nc2ccccc12)c1ccccc1. The third-order valence-corrected chi connectivity index (χ3v) is 4.74. The summed E-state index contributed by atoms with van der Waals surface area (Å²) >= 11 is 0. The van der Waals surface area contributed by atoms with Crippen LogP contribution < -0.4 is 10.2 Å². The number of benzene rings is 2. The fraction of sp³-hybridized carbons (Fsp3) is 0.286. The summed E-state index contributed by atoms with van der Waals surface area (Å²) in [5, 5.41) is 4.18. The van der Waals surface area contributed by atoms with Crippen LogP contribution in [-0.4, -0.2) is 35.4 Å². The zero-order chi connectivity index (χ0) is 17.8. The molecule has 5 nitrogen and oxygen atoms in total. The first kappa shape index (κ1) is 16.5. The fourth-order valence-corrected chi connectivity index (χ4v) is 3.32. The number of carbonyl (C=O) groups is 1. The lowest BCUT2D eigenvalue weighted by Gasteiger charge is -2.27. The van der Waals surface area contributed by atoms with Crippen LogP contribution >= 0.6 is 0 Å². The van der Waals surface area contributed by atoms with Gasteiger partial charge in [0.05, 0.1) is 12.1 Å². The second kappa shape index (κ2) is 7.52. The van der Waals surface area contributed by atoms with Crippen molar-refractivity contribution < 1.29 is 4.79 Å². The molecule has 0 saturated carbocycles. The monoisotopic (exact) mass is 346 g/mol. The average molecular weight is 346 g/mol. The second-order valence-electron chi connectivity index (χ2n) is 6.58. The van der Waals surface area contributed by atoms with Crippen LogP contribution in [0.3, 0.4) is 0 Å². The van der Waals surface area contributed by atoms with E-state index < -0.39 is 0 Å². The van der Waals surface area contributed by atoms with E-state index in [0.717, 1.165) is 35.8 Å². The van der Waals surface area contributed by atoms with Crippen molar-refractivity contribution in [3.63, 3.8) is 0 Å². The van der Waals surface area contributed by atoms with E-state index in [1.165, 1.54) is 19.3 Å². The molecule has 26 heavy (non-hydrogen) atoms. The standard InChI is InChI=1S/C21H22N4O/c26-19(16-9-3-1-4-10-16)15-22-20-17-11-5-6-12-18(17)23-21(24-20)25-13-7-2-8-14-25/h1,3-6,9-12H,2,7-8,13-15H2,(H,22,23,24). The van der Waals surface area contributed by atoms with Gasteiger partial charge in [-0.2, -0.15) is 4.98 Å². The third-order valence-electron chi connectivity index (χ3n) is 4.74. The number of ketones is 1. The van der Waals surface area contributed by atoms with Gasteiger partial charge in [0.1, 0.15) is 5.82 Å². The number of hydrogen-bond acceptors (Lipinski definition) is 5. The Hall–Kier alpha value is -2.95. The molecule has 4 rings (SSSR count). The summed E-state index contributed by atoms with van der Waals surface area (Å²) in [4.78, 5) is 24.1. The van der Waals surface area contributed by atoms with Crippen molar-refractivity contribution in [2.45, 2.75) is 19.3 Å². The number of nitrogens with zero attached hydrogens (tertiary/aromatic N) is 3. The minimum atomic E-state index is 0.0489. The van der Waals surface area contributed by atoms with E-state index in [2.05, 4.69) is 10.2 Å². The number of carbonyl (C=O) groups excluding carboxylic acids is 1. The smallest absolute Gasteiger partial charge is 0.227 e. The summed E-state index contributed by atoms with van der Waals surface area (Å²) in [6, 6.07) is 17.3. The number of nitrogens with one attached hydrogen (secondary N) is 1. The molecule has 2 heterocycles. The molecule has 0 amide bonds. The Morgan fingerprint density at radius 2 is 1.65 bits per heavy atom. The van der Waals surface area contributed by atoms with Gasteiger partial charge in [-0.15, -0.1) is 0 Å². The van der Waals surface area contributed by atoms with Gasteiger partial charge in [0.25, 0.3) is 0 Å². The first-order valence-electron chi connectivity index (χ1n) is 9.15. The largest absolute Gasteiger partial charge is 0.362 e. The number of aromatic nitrogens is 2. The number of hydrogen-bond donors (Lipinski definition) is 1. The van der Waals surface area contributed by atoms with Gasteiger partial charge in [-0.25, -0.2) is 4.98 Å². The van der Waals surface area contributed by atoms with Crippen LogP contribution in [0.1, 0.15) is 29.6 Å². The molecule has 1 fully saturated rings. The lowest BCUT2D eigenvalue weighted by atomic mass is 10.1. The molecule has 0 bridgehead atoms. The van der Waals surface area contributed by atoms with Crippen molar-refractivity contribution in [3.05, 3.63) is 60.2 Å². The highest BCUT2D eigenvalue weighted by atomic mass is 16.1. The molecule has 2 aromatic carbocycles. The quantitative estimate of drug-likeness (QED) is 0.710. The van der Waals surface area contributed by atoms with Gasteiger partial charge in [-0.1, -0.05) is 42.5 Å². The lowest BCUT2D eigenvalue weighted by molar-refractivity contribution is 0.101. The molecule has 3 aromatic rings.